The smallest absolute Gasteiger partial charge is 0.235 e. The van der Waals surface area contributed by atoms with Crippen LogP contribution in [0.15, 0.2) is 12.1 Å². The zero-order valence-corrected chi connectivity index (χ0v) is 9.85. The number of methoxy groups -OCH3 is 1. The van der Waals surface area contributed by atoms with Crippen LogP contribution in [0.25, 0.3) is 0 Å². The van der Waals surface area contributed by atoms with Gasteiger partial charge in [0.15, 0.2) is 5.82 Å². The van der Waals surface area contributed by atoms with Crippen LogP contribution < -0.4 is 10.5 Å². The van der Waals surface area contributed by atoms with E-state index in [1.54, 1.807) is 0 Å². The van der Waals surface area contributed by atoms with Crippen LogP contribution in [0.2, 0.25) is 0 Å². The molecule has 1 rings (SSSR count). The first-order valence-corrected chi connectivity index (χ1v) is 6.25. The van der Waals surface area contributed by atoms with Crippen molar-refractivity contribution in [3.63, 3.8) is 0 Å². The van der Waals surface area contributed by atoms with Crippen molar-refractivity contribution in [3.05, 3.63) is 23.8 Å². The Morgan fingerprint density at radius 1 is 1.41 bits per heavy atom. The minimum atomic E-state index is -3.74. The second-order valence-electron chi connectivity index (χ2n) is 3.24. The Hall–Kier alpha value is -1.41. The lowest BCUT2D eigenvalue weighted by molar-refractivity contribution is 0.217. The van der Waals surface area contributed by atoms with E-state index >= 15 is 0 Å². The van der Waals surface area contributed by atoms with Gasteiger partial charge in [0, 0.05) is 7.11 Å². The fraction of sp³-hybridized carbons (Fsp3) is 0.333. The molecule has 1 aromatic carbocycles. The molecular weight excluding hydrogens is 254 g/mol. The molecule has 0 atom stereocenters. The van der Waals surface area contributed by atoms with Crippen LogP contribution in [0.5, 0.6) is 0 Å². The summed E-state index contributed by atoms with van der Waals surface area (Å²) in [4.78, 5) is 0. The van der Waals surface area contributed by atoms with Crippen molar-refractivity contribution in [3.8, 4) is 0 Å². The van der Waals surface area contributed by atoms with Gasteiger partial charge in [-0.3, -0.25) is 4.72 Å². The van der Waals surface area contributed by atoms with Gasteiger partial charge in [-0.05, 0) is 12.1 Å². The predicted octanol–water partition coefficient (Wildman–Crippen LogP) is 0.935. The van der Waals surface area contributed by atoms with Gasteiger partial charge in [-0.2, -0.15) is 0 Å². The number of nitrogens with one attached hydrogen (secondary N) is 1. The van der Waals surface area contributed by atoms with E-state index in [0.717, 1.165) is 12.1 Å². The fourth-order valence-corrected chi connectivity index (χ4v) is 2.04. The Kier molecular flexibility index (Phi) is 4.24. The molecule has 0 bridgehead atoms. The Balaban J connectivity index is 2.93. The summed E-state index contributed by atoms with van der Waals surface area (Å²) in [5, 5.41) is 0. The summed E-state index contributed by atoms with van der Waals surface area (Å²) in [6.45, 7) is -0.0341. The van der Waals surface area contributed by atoms with Gasteiger partial charge in [0.1, 0.15) is 11.5 Å². The monoisotopic (exact) mass is 266 g/mol. The Bertz CT molecular complexity index is 505. The number of nitrogens with two attached hydrogens (primary N) is 1. The first kappa shape index (κ1) is 13.7. The van der Waals surface area contributed by atoms with E-state index in [4.69, 9.17) is 5.73 Å². The number of anilines is 2. The standard InChI is InChI=1S/C9H12F2N2O3S/c1-16-4-5-17(14,15)13-7-3-2-6(10)9(12)8(7)11/h2-3,13H,4-5,12H2,1H3. The lowest BCUT2D eigenvalue weighted by atomic mass is 10.2. The Morgan fingerprint density at radius 3 is 2.65 bits per heavy atom. The number of ether oxygens (including phenoxy) is 1. The maximum atomic E-state index is 13.4. The average Bonchev–Trinajstić information content (AvgIpc) is 2.27. The van der Waals surface area contributed by atoms with Crippen molar-refractivity contribution in [1.29, 1.82) is 0 Å². The molecular formula is C9H12F2N2O3S. The van der Waals surface area contributed by atoms with Gasteiger partial charge in [-0.15, -0.1) is 0 Å². The van der Waals surface area contributed by atoms with Gasteiger partial charge in [-0.1, -0.05) is 0 Å². The van der Waals surface area contributed by atoms with Crippen LogP contribution in [-0.2, 0) is 14.8 Å². The molecule has 0 aliphatic rings. The third-order valence-corrected chi connectivity index (χ3v) is 3.18. The topological polar surface area (TPSA) is 81.4 Å². The summed E-state index contributed by atoms with van der Waals surface area (Å²) >= 11 is 0. The second-order valence-corrected chi connectivity index (χ2v) is 5.08. The van der Waals surface area contributed by atoms with Gasteiger partial charge in [0.25, 0.3) is 0 Å². The van der Waals surface area contributed by atoms with E-state index in [2.05, 4.69) is 4.74 Å². The van der Waals surface area contributed by atoms with Gasteiger partial charge in [0.2, 0.25) is 10.0 Å². The number of hydrogen-bond donors (Lipinski definition) is 2. The molecule has 0 heterocycles. The molecule has 0 fully saturated rings. The molecule has 96 valence electrons. The maximum absolute atomic E-state index is 13.4. The van der Waals surface area contributed by atoms with Crippen molar-refractivity contribution >= 4 is 21.4 Å². The average molecular weight is 266 g/mol. The molecule has 8 heteroatoms. The molecule has 17 heavy (non-hydrogen) atoms. The molecule has 0 saturated carbocycles. The van der Waals surface area contributed by atoms with Crippen molar-refractivity contribution in [2.45, 2.75) is 0 Å². The highest BCUT2D eigenvalue weighted by Gasteiger charge is 2.16. The number of hydrogen-bond acceptors (Lipinski definition) is 4. The molecule has 0 spiro atoms. The first-order chi connectivity index (χ1) is 7.87. The van der Waals surface area contributed by atoms with E-state index in [9.17, 15) is 17.2 Å². The van der Waals surface area contributed by atoms with E-state index in [1.807, 2.05) is 4.72 Å². The van der Waals surface area contributed by atoms with E-state index in [-0.39, 0.29) is 18.0 Å². The quantitative estimate of drug-likeness (QED) is 0.777. The molecule has 0 aromatic heterocycles. The van der Waals surface area contributed by atoms with E-state index in [0.29, 0.717) is 0 Å². The number of rotatable bonds is 5. The number of halogens is 2. The summed E-state index contributed by atoms with van der Waals surface area (Å²) in [5.74, 6) is -2.41. The van der Waals surface area contributed by atoms with Gasteiger partial charge in [0.05, 0.1) is 18.0 Å². The van der Waals surface area contributed by atoms with Gasteiger partial charge < -0.3 is 10.5 Å². The third kappa shape index (κ3) is 3.53. The highest BCUT2D eigenvalue weighted by molar-refractivity contribution is 7.92. The summed E-state index contributed by atoms with van der Waals surface area (Å²) in [6, 6.07) is 1.85. The van der Waals surface area contributed by atoms with Crippen molar-refractivity contribution in [1.82, 2.24) is 0 Å². The summed E-state index contributed by atoms with van der Waals surface area (Å²) < 4.78 is 55.6. The summed E-state index contributed by atoms with van der Waals surface area (Å²) in [5.41, 5.74) is 3.98. The zero-order valence-electron chi connectivity index (χ0n) is 9.04. The second kappa shape index (κ2) is 5.28. The van der Waals surface area contributed by atoms with Crippen molar-refractivity contribution in [2.24, 2.45) is 0 Å². The Morgan fingerprint density at radius 2 is 2.06 bits per heavy atom. The van der Waals surface area contributed by atoms with Gasteiger partial charge in [-0.25, -0.2) is 17.2 Å². The lowest BCUT2D eigenvalue weighted by Gasteiger charge is -2.09. The third-order valence-electron chi connectivity index (χ3n) is 1.95. The highest BCUT2D eigenvalue weighted by atomic mass is 32.2. The van der Waals surface area contributed by atoms with Crippen molar-refractivity contribution < 1.29 is 21.9 Å². The molecule has 3 N–H and O–H groups in total. The largest absolute Gasteiger partial charge is 0.394 e. The lowest BCUT2D eigenvalue weighted by Crippen LogP contribution is -2.20. The molecule has 0 radical (unpaired) electrons. The van der Waals surface area contributed by atoms with Crippen LogP contribution in [0, 0.1) is 11.6 Å². The van der Waals surface area contributed by atoms with Crippen LogP contribution >= 0.6 is 0 Å². The maximum Gasteiger partial charge on any atom is 0.235 e. The summed E-state index contributed by atoms with van der Waals surface area (Å²) in [7, 11) is -2.40. The zero-order chi connectivity index (χ0) is 13.1. The molecule has 0 saturated heterocycles. The fourth-order valence-electron chi connectivity index (χ4n) is 1.06. The number of sulfonamides is 1. The molecule has 0 unspecified atom stereocenters. The molecule has 0 amide bonds. The number of nitrogen functional groups attached to an aromatic ring is 1. The molecule has 0 aliphatic heterocycles. The van der Waals surface area contributed by atoms with Crippen LogP contribution in [0.3, 0.4) is 0 Å². The SMILES string of the molecule is COCCS(=O)(=O)Nc1ccc(F)c(N)c1F. The van der Waals surface area contributed by atoms with E-state index < -0.39 is 27.3 Å². The number of benzene rings is 1. The van der Waals surface area contributed by atoms with Crippen LogP contribution in [0.1, 0.15) is 0 Å². The minimum Gasteiger partial charge on any atom is -0.394 e. The van der Waals surface area contributed by atoms with Crippen LogP contribution in [-0.4, -0.2) is 27.9 Å². The normalized spacial score (nSPS) is 11.5. The minimum absolute atomic E-state index is 0.0341. The molecule has 0 aliphatic carbocycles. The van der Waals surface area contributed by atoms with Crippen LogP contribution in [0.4, 0.5) is 20.2 Å². The molecule has 5 nitrogen and oxygen atoms in total. The van der Waals surface area contributed by atoms with E-state index in [1.165, 1.54) is 7.11 Å². The van der Waals surface area contributed by atoms with Gasteiger partial charge >= 0.3 is 0 Å². The predicted molar refractivity (Wildman–Crippen MR) is 60.1 cm³/mol. The highest BCUT2D eigenvalue weighted by Crippen LogP contribution is 2.23. The summed E-state index contributed by atoms with van der Waals surface area (Å²) in [6.07, 6.45) is 0. The first-order valence-electron chi connectivity index (χ1n) is 4.60. The van der Waals surface area contributed by atoms with Crippen molar-refractivity contribution in [2.75, 3.05) is 29.9 Å². The Labute approximate surface area is 97.6 Å². The molecule has 1 aromatic rings.